The summed E-state index contributed by atoms with van der Waals surface area (Å²) < 4.78 is 1.46. The third-order valence-corrected chi connectivity index (χ3v) is 4.92. The lowest BCUT2D eigenvalue weighted by atomic mass is 9.92. The van der Waals surface area contributed by atoms with Crippen molar-refractivity contribution >= 4 is 28.7 Å². The fraction of sp³-hybridized carbons (Fsp3) is 0.417. The predicted molar refractivity (Wildman–Crippen MR) is 72.4 cm³/mol. The molecule has 1 aromatic heterocycles. The number of aliphatic carboxylic acids is 1. The highest BCUT2D eigenvalue weighted by atomic mass is 32.2. The van der Waals surface area contributed by atoms with Gasteiger partial charge in [0.15, 0.2) is 5.70 Å². The van der Waals surface area contributed by atoms with E-state index in [9.17, 15) is 24.9 Å². The van der Waals surface area contributed by atoms with Gasteiger partial charge in [0.25, 0.3) is 0 Å². The molecule has 1 aromatic rings. The van der Waals surface area contributed by atoms with Crippen LogP contribution in [0.4, 0.5) is 0 Å². The summed E-state index contributed by atoms with van der Waals surface area (Å²) in [6, 6.07) is 0. The molecule has 2 unspecified atom stereocenters. The first-order valence-corrected chi connectivity index (χ1v) is 7.14. The van der Waals surface area contributed by atoms with E-state index in [2.05, 4.69) is 4.98 Å². The highest BCUT2D eigenvalue weighted by Gasteiger charge is 2.58. The number of aliphatic hydroxyl groups excluding tert-OH is 2. The van der Waals surface area contributed by atoms with Crippen LogP contribution in [0, 0.1) is 5.92 Å². The van der Waals surface area contributed by atoms with Gasteiger partial charge in [-0.25, -0.2) is 9.78 Å². The van der Waals surface area contributed by atoms with E-state index in [1.54, 1.807) is 0 Å². The van der Waals surface area contributed by atoms with Gasteiger partial charge >= 0.3 is 5.97 Å². The number of hydrogen-bond acceptors (Lipinski definition) is 6. The number of carbonyl (C=O) groups excluding carboxylic acids is 1. The molecule has 3 N–H and O–H groups in total. The number of carbonyl (C=O) groups is 2. The smallest absolute Gasteiger partial charge is 0.355 e. The van der Waals surface area contributed by atoms with Crippen LogP contribution < -0.4 is 0 Å². The summed E-state index contributed by atoms with van der Waals surface area (Å²) >= 11 is 1.18. The molecule has 9 heteroatoms. The van der Waals surface area contributed by atoms with E-state index in [1.807, 2.05) is 0 Å². The van der Waals surface area contributed by atoms with Gasteiger partial charge in [-0.3, -0.25) is 14.3 Å². The van der Waals surface area contributed by atoms with Crippen molar-refractivity contribution in [3.8, 4) is 0 Å². The number of nitrogens with zero attached hydrogens (tertiary/aromatic N) is 3. The van der Waals surface area contributed by atoms with Crippen LogP contribution >= 0.6 is 11.8 Å². The van der Waals surface area contributed by atoms with Crippen LogP contribution in [0.15, 0.2) is 18.1 Å². The molecule has 0 spiro atoms. The summed E-state index contributed by atoms with van der Waals surface area (Å²) in [6.45, 7) is 1.16. The van der Waals surface area contributed by atoms with Crippen LogP contribution in [0.1, 0.15) is 12.7 Å². The van der Waals surface area contributed by atoms with Crippen molar-refractivity contribution in [1.82, 2.24) is 14.5 Å². The molecule has 1 saturated heterocycles. The zero-order chi connectivity index (χ0) is 15.3. The molecule has 3 rings (SSSR count). The van der Waals surface area contributed by atoms with Crippen LogP contribution in [0.5, 0.6) is 0 Å². The van der Waals surface area contributed by atoms with E-state index in [0.29, 0.717) is 10.9 Å². The third kappa shape index (κ3) is 1.88. The Morgan fingerprint density at radius 2 is 2.29 bits per heavy atom. The lowest BCUT2D eigenvalue weighted by molar-refractivity contribution is -0.156. The molecular weight excluding hydrogens is 298 g/mol. The number of amides is 1. The molecule has 3 atom stereocenters. The van der Waals surface area contributed by atoms with E-state index in [1.165, 1.54) is 40.5 Å². The first kappa shape index (κ1) is 14.1. The fourth-order valence-corrected chi connectivity index (χ4v) is 4.18. The van der Waals surface area contributed by atoms with Gasteiger partial charge in [-0.2, -0.15) is 0 Å². The molecule has 0 radical (unpaired) electrons. The number of carboxylic acid groups (broad SMARTS) is 1. The second kappa shape index (κ2) is 4.86. The average molecular weight is 311 g/mol. The Kier molecular flexibility index (Phi) is 3.27. The maximum Gasteiger partial charge on any atom is 0.355 e. The predicted octanol–water partition coefficient (Wildman–Crippen LogP) is -0.502. The van der Waals surface area contributed by atoms with Crippen LogP contribution in [-0.4, -0.2) is 53.1 Å². The summed E-state index contributed by atoms with van der Waals surface area (Å²) in [5.74, 6) is -1.96. The summed E-state index contributed by atoms with van der Waals surface area (Å²) in [7, 11) is 0. The molecule has 0 bridgehead atoms. The maximum absolute atomic E-state index is 12.0. The van der Waals surface area contributed by atoms with E-state index >= 15 is 0 Å². The number of thioether (sulfide) groups is 1. The van der Waals surface area contributed by atoms with Crippen molar-refractivity contribution in [2.75, 3.05) is 0 Å². The number of fused-ring (bicyclic) bond motifs is 1. The Labute approximate surface area is 123 Å². The summed E-state index contributed by atoms with van der Waals surface area (Å²) in [6.07, 6.45) is 2.13. The van der Waals surface area contributed by atoms with Gasteiger partial charge in [-0.15, -0.1) is 0 Å². The Hall–Kier alpha value is -1.84. The normalized spacial score (nSPS) is 25.9. The van der Waals surface area contributed by atoms with Crippen LogP contribution in [0.25, 0.3) is 5.03 Å². The number of hydrogen-bond donors (Lipinski definition) is 3. The second-order valence-corrected chi connectivity index (χ2v) is 5.92. The van der Waals surface area contributed by atoms with Crippen LogP contribution in [0.3, 0.4) is 0 Å². The highest BCUT2D eigenvalue weighted by molar-refractivity contribution is 8.08. The van der Waals surface area contributed by atoms with Gasteiger partial charge in [0.05, 0.1) is 12.0 Å². The van der Waals surface area contributed by atoms with Gasteiger partial charge in [-0.1, -0.05) is 11.8 Å². The molecule has 3 heterocycles. The summed E-state index contributed by atoms with van der Waals surface area (Å²) in [5, 5.41) is 28.2. The first-order chi connectivity index (χ1) is 9.97. The van der Waals surface area contributed by atoms with Gasteiger partial charge in [0, 0.05) is 12.4 Å². The monoisotopic (exact) mass is 311 g/mol. The molecule has 21 heavy (non-hydrogen) atoms. The standard InChI is InChI=1S/C12H13N3O5S/c1-5(17)7-9(18)15-8(12(19)20)11(21-10(7)15)14-3-2-13-6(14)4-16/h2-3,5,7,10,16-17H,4H2,1H3,(H,19,20)/t5?,7?,10-/m1/s1. The summed E-state index contributed by atoms with van der Waals surface area (Å²) in [4.78, 5) is 28.7. The number of aliphatic hydroxyl groups is 2. The van der Waals surface area contributed by atoms with Crippen LogP contribution in [-0.2, 0) is 16.2 Å². The maximum atomic E-state index is 12.0. The first-order valence-electron chi connectivity index (χ1n) is 6.26. The molecular formula is C12H13N3O5S. The zero-order valence-corrected chi connectivity index (χ0v) is 11.8. The second-order valence-electron chi connectivity index (χ2n) is 4.81. The number of rotatable bonds is 4. The minimum atomic E-state index is -1.23. The van der Waals surface area contributed by atoms with Gasteiger partial charge in [0.2, 0.25) is 5.91 Å². The topological polar surface area (TPSA) is 116 Å². The number of carboxylic acids is 1. The van der Waals surface area contributed by atoms with Crippen molar-refractivity contribution in [3.05, 3.63) is 23.9 Å². The van der Waals surface area contributed by atoms with Crippen LogP contribution in [0.2, 0.25) is 0 Å². The third-order valence-electron chi connectivity index (χ3n) is 3.56. The Balaban J connectivity index is 2.05. The van der Waals surface area contributed by atoms with Crippen molar-refractivity contribution in [2.45, 2.75) is 25.0 Å². The Morgan fingerprint density at radius 1 is 1.57 bits per heavy atom. The molecule has 112 valence electrons. The van der Waals surface area contributed by atoms with Gasteiger partial charge < -0.3 is 15.3 Å². The number of imidazole rings is 1. The molecule has 1 fully saturated rings. The fourth-order valence-electron chi connectivity index (χ4n) is 2.57. The van der Waals surface area contributed by atoms with E-state index in [4.69, 9.17) is 0 Å². The highest BCUT2D eigenvalue weighted by Crippen LogP contribution is 2.52. The Morgan fingerprint density at radius 3 is 2.86 bits per heavy atom. The van der Waals surface area contributed by atoms with E-state index in [-0.39, 0.29) is 12.3 Å². The number of β-lactam (4-membered cyclic amide) rings is 1. The van der Waals surface area contributed by atoms with Crippen molar-refractivity contribution in [3.63, 3.8) is 0 Å². The minimum Gasteiger partial charge on any atom is -0.476 e. The molecule has 1 amide bonds. The van der Waals surface area contributed by atoms with Gasteiger partial charge in [-0.05, 0) is 6.92 Å². The molecule has 2 aliphatic rings. The average Bonchev–Trinajstić information content (AvgIpc) is 2.99. The van der Waals surface area contributed by atoms with E-state index < -0.39 is 29.3 Å². The Bertz CT molecular complexity index is 653. The minimum absolute atomic E-state index is 0.139. The van der Waals surface area contributed by atoms with Gasteiger partial charge in [0.1, 0.15) is 22.8 Å². The lowest BCUT2D eigenvalue weighted by Gasteiger charge is -2.43. The molecule has 0 aromatic carbocycles. The molecule has 2 aliphatic heterocycles. The molecule has 0 aliphatic carbocycles. The lowest BCUT2D eigenvalue weighted by Crippen LogP contribution is -2.60. The molecule has 8 nitrogen and oxygen atoms in total. The number of aromatic nitrogens is 2. The van der Waals surface area contributed by atoms with Crippen molar-refractivity contribution in [1.29, 1.82) is 0 Å². The largest absolute Gasteiger partial charge is 0.476 e. The van der Waals surface area contributed by atoms with E-state index in [0.717, 1.165) is 0 Å². The van der Waals surface area contributed by atoms with Crippen molar-refractivity contribution < 1.29 is 24.9 Å². The van der Waals surface area contributed by atoms with Crippen molar-refractivity contribution in [2.24, 2.45) is 5.92 Å². The quantitative estimate of drug-likeness (QED) is 0.642. The zero-order valence-electron chi connectivity index (χ0n) is 11.0. The summed E-state index contributed by atoms with van der Waals surface area (Å²) in [5.41, 5.74) is -0.139. The SMILES string of the molecule is CC(O)C1C(=O)N2C(C(=O)O)=C(n3ccnc3CO)S[C@H]12. The molecule has 0 saturated carbocycles.